The van der Waals surface area contributed by atoms with Crippen molar-refractivity contribution in [1.82, 2.24) is 15.2 Å². The largest absolute Gasteiger partial charge is 0.481 e. The van der Waals surface area contributed by atoms with Crippen LogP contribution in [0.5, 0.6) is 5.88 Å². The molecule has 2 aromatic heterocycles. The number of benzene rings is 2. The fraction of sp³-hybridized carbons (Fsp3) is 0.250. The summed E-state index contributed by atoms with van der Waals surface area (Å²) in [6, 6.07) is 19.5. The number of nitrogens with zero attached hydrogens (tertiary/aromatic N) is 2. The van der Waals surface area contributed by atoms with Crippen LogP contribution in [-0.2, 0) is 12.8 Å². The summed E-state index contributed by atoms with van der Waals surface area (Å²) in [7, 11) is 1.59. The van der Waals surface area contributed by atoms with Crippen LogP contribution in [0, 0.1) is 6.92 Å². The van der Waals surface area contributed by atoms with E-state index in [1.165, 1.54) is 11.1 Å². The maximum atomic E-state index is 12.8. The van der Waals surface area contributed by atoms with Gasteiger partial charge in [-0.25, -0.2) is 4.98 Å². The van der Waals surface area contributed by atoms with Gasteiger partial charge in [0.05, 0.1) is 19.0 Å². The van der Waals surface area contributed by atoms with Crippen molar-refractivity contribution in [3.63, 3.8) is 0 Å². The minimum Gasteiger partial charge on any atom is -0.481 e. The number of pyridine rings is 1. The second kappa shape index (κ2) is 10.9. The van der Waals surface area contributed by atoms with E-state index in [4.69, 9.17) is 4.74 Å². The summed E-state index contributed by atoms with van der Waals surface area (Å²) in [5.41, 5.74) is 6.86. The molecule has 7 heteroatoms. The SMILES string of the molecule is COc1ccc(Nc2cc(CCc3cccc(C(=O)Nc4ccc(C(C)C)c(C)c4)c3)[nH]n2)cn1. The Morgan fingerprint density at radius 1 is 1.03 bits per heavy atom. The molecule has 35 heavy (non-hydrogen) atoms. The number of nitrogens with one attached hydrogen (secondary N) is 3. The molecule has 0 aliphatic heterocycles. The standard InChI is InChI=1S/C28H31N5O2/c1-18(2)25-12-10-22(14-19(25)3)31-28(34)21-7-5-6-20(15-21)8-9-23-16-26(33-32-23)30-24-11-13-27(35-4)29-17-24/h5-7,10-18H,8-9H2,1-4H3,(H,31,34)(H2,30,32,33). The fourth-order valence-corrected chi connectivity index (χ4v) is 4.03. The second-order valence-corrected chi connectivity index (χ2v) is 8.87. The van der Waals surface area contributed by atoms with E-state index in [1.54, 1.807) is 19.4 Å². The lowest BCUT2D eigenvalue weighted by atomic mass is 9.97. The summed E-state index contributed by atoms with van der Waals surface area (Å²) in [6.07, 6.45) is 3.26. The predicted octanol–water partition coefficient (Wildman–Crippen LogP) is 6.03. The molecule has 4 rings (SSSR count). The molecule has 4 aromatic rings. The highest BCUT2D eigenvalue weighted by molar-refractivity contribution is 6.04. The maximum Gasteiger partial charge on any atom is 0.255 e. The third kappa shape index (κ3) is 6.26. The van der Waals surface area contributed by atoms with Gasteiger partial charge in [-0.3, -0.25) is 9.89 Å². The van der Waals surface area contributed by atoms with E-state index >= 15 is 0 Å². The van der Waals surface area contributed by atoms with E-state index in [2.05, 4.69) is 52.7 Å². The van der Waals surface area contributed by atoms with Gasteiger partial charge in [0, 0.05) is 29.1 Å². The summed E-state index contributed by atoms with van der Waals surface area (Å²) in [6.45, 7) is 6.42. The quantitative estimate of drug-likeness (QED) is 0.278. The van der Waals surface area contributed by atoms with E-state index in [0.29, 0.717) is 17.4 Å². The van der Waals surface area contributed by atoms with Gasteiger partial charge in [-0.2, -0.15) is 5.10 Å². The van der Waals surface area contributed by atoms with Crippen LogP contribution < -0.4 is 15.4 Å². The third-order valence-electron chi connectivity index (χ3n) is 5.87. The van der Waals surface area contributed by atoms with Crippen LogP contribution in [0.1, 0.15) is 52.5 Å². The topological polar surface area (TPSA) is 91.9 Å². The summed E-state index contributed by atoms with van der Waals surface area (Å²) < 4.78 is 5.08. The van der Waals surface area contributed by atoms with Crippen LogP contribution in [0.25, 0.3) is 0 Å². The lowest BCUT2D eigenvalue weighted by Gasteiger charge is -2.12. The molecule has 0 atom stereocenters. The lowest BCUT2D eigenvalue weighted by Crippen LogP contribution is -2.12. The summed E-state index contributed by atoms with van der Waals surface area (Å²) in [5, 5.41) is 13.6. The molecule has 0 fully saturated rings. The Labute approximate surface area is 206 Å². The number of aromatic nitrogens is 3. The van der Waals surface area contributed by atoms with Gasteiger partial charge < -0.3 is 15.4 Å². The van der Waals surface area contributed by atoms with Gasteiger partial charge in [0.15, 0.2) is 5.82 Å². The van der Waals surface area contributed by atoms with Gasteiger partial charge in [-0.05, 0) is 72.7 Å². The van der Waals surface area contributed by atoms with Gasteiger partial charge >= 0.3 is 0 Å². The fourth-order valence-electron chi connectivity index (χ4n) is 4.03. The van der Waals surface area contributed by atoms with Crippen molar-refractivity contribution in [1.29, 1.82) is 0 Å². The average Bonchev–Trinajstić information content (AvgIpc) is 3.30. The number of hydrogen-bond donors (Lipinski definition) is 3. The first-order valence-corrected chi connectivity index (χ1v) is 11.7. The monoisotopic (exact) mass is 469 g/mol. The van der Waals surface area contributed by atoms with Crippen molar-refractivity contribution in [3.05, 3.63) is 94.8 Å². The molecule has 0 aliphatic carbocycles. The Morgan fingerprint density at radius 3 is 2.57 bits per heavy atom. The maximum absolute atomic E-state index is 12.8. The Balaban J connectivity index is 1.34. The number of methoxy groups -OCH3 is 1. The molecule has 180 valence electrons. The zero-order valence-electron chi connectivity index (χ0n) is 20.6. The Hall–Kier alpha value is -4.13. The summed E-state index contributed by atoms with van der Waals surface area (Å²) in [4.78, 5) is 17.0. The van der Waals surface area contributed by atoms with Crippen molar-refractivity contribution in [3.8, 4) is 5.88 Å². The van der Waals surface area contributed by atoms with E-state index < -0.39 is 0 Å². The van der Waals surface area contributed by atoms with E-state index in [-0.39, 0.29) is 5.91 Å². The molecule has 0 saturated carbocycles. The van der Waals surface area contributed by atoms with Gasteiger partial charge in [0.2, 0.25) is 5.88 Å². The molecule has 0 unspecified atom stereocenters. The number of carbonyl (C=O) groups is 1. The number of aryl methyl sites for hydroxylation is 3. The normalized spacial score (nSPS) is 10.9. The molecule has 2 aromatic carbocycles. The Kier molecular flexibility index (Phi) is 7.45. The highest BCUT2D eigenvalue weighted by Gasteiger charge is 2.10. The Morgan fingerprint density at radius 2 is 1.86 bits per heavy atom. The molecule has 0 saturated heterocycles. The molecule has 3 N–H and O–H groups in total. The van der Waals surface area contributed by atoms with Crippen LogP contribution in [0.4, 0.5) is 17.2 Å². The first-order chi connectivity index (χ1) is 16.9. The van der Waals surface area contributed by atoms with Crippen LogP contribution in [0.2, 0.25) is 0 Å². The van der Waals surface area contributed by atoms with Gasteiger partial charge in [-0.15, -0.1) is 0 Å². The molecule has 0 radical (unpaired) electrons. The smallest absolute Gasteiger partial charge is 0.255 e. The van der Waals surface area contributed by atoms with Crippen molar-refractivity contribution < 1.29 is 9.53 Å². The lowest BCUT2D eigenvalue weighted by molar-refractivity contribution is 0.102. The molecular formula is C28H31N5O2. The van der Waals surface area contributed by atoms with Crippen LogP contribution in [0.15, 0.2) is 66.9 Å². The molecule has 0 bridgehead atoms. The third-order valence-corrected chi connectivity index (χ3v) is 5.87. The van der Waals surface area contributed by atoms with E-state index in [9.17, 15) is 4.79 Å². The number of hydrogen-bond acceptors (Lipinski definition) is 5. The molecule has 0 aliphatic rings. The minimum absolute atomic E-state index is 0.107. The molecule has 2 heterocycles. The first kappa shape index (κ1) is 24.0. The molecule has 1 amide bonds. The van der Waals surface area contributed by atoms with Gasteiger partial charge in [0.1, 0.15) is 0 Å². The zero-order valence-corrected chi connectivity index (χ0v) is 20.6. The first-order valence-electron chi connectivity index (χ1n) is 11.7. The Bertz CT molecular complexity index is 1290. The highest BCUT2D eigenvalue weighted by atomic mass is 16.5. The molecular weight excluding hydrogens is 438 g/mol. The van der Waals surface area contributed by atoms with Gasteiger partial charge in [-0.1, -0.05) is 32.0 Å². The van der Waals surface area contributed by atoms with E-state index in [0.717, 1.165) is 41.3 Å². The van der Waals surface area contributed by atoms with Crippen LogP contribution in [-0.4, -0.2) is 28.2 Å². The molecule has 0 spiro atoms. The number of ether oxygens (including phenoxy) is 1. The summed E-state index contributed by atoms with van der Waals surface area (Å²) >= 11 is 0. The number of rotatable bonds is 9. The number of carbonyl (C=O) groups excluding carboxylic acids is 1. The molecule has 7 nitrogen and oxygen atoms in total. The van der Waals surface area contributed by atoms with Crippen molar-refractivity contribution in [2.75, 3.05) is 17.7 Å². The van der Waals surface area contributed by atoms with Crippen LogP contribution in [0.3, 0.4) is 0 Å². The minimum atomic E-state index is -0.107. The highest BCUT2D eigenvalue weighted by Crippen LogP contribution is 2.23. The van der Waals surface area contributed by atoms with Crippen LogP contribution >= 0.6 is 0 Å². The van der Waals surface area contributed by atoms with E-state index in [1.807, 2.05) is 48.5 Å². The predicted molar refractivity (Wildman–Crippen MR) is 140 cm³/mol. The van der Waals surface area contributed by atoms with Crippen molar-refractivity contribution >= 4 is 23.1 Å². The second-order valence-electron chi connectivity index (χ2n) is 8.87. The average molecular weight is 470 g/mol. The van der Waals surface area contributed by atoms with Gasteiger partial charge in [0.25, 0.3) is 5.91 Å². The number of anilines is 3. The summed E-state index contributed by atoms with van der Waals surface area (Å²) in [5.74, 6) is 1.63. The number of amides is 1. The number of H-pyrrole nitrogens is 1. The zero-order chi connectivity index (χ0) is 24.8. The van der Waals surface area contributed by atoms with Crippen molar-refractivity contribution in [2.24, 2.45) is 0 Å². The number of aromatic amines is 1. The van der Waals surface area contributed by atoms with Crippen molar-refractivity contribution in [2.45, 2.75) is 39.5 Å².